The van der Waals surface area contributed by atoms with Crippen LogP contribution in [0.1, 0.15) is 31.9 Å². The second kappa shape index (κ2) is 14.9. The number of rotatable bonds is 10. The van der Waals surface area contributed by atoms with E-state index in [0.717, 1.165) is 75.1 Å². The van der Waals surface area contributed by atoms with E-state index in [-0.39, 0.29) is 24.0 Å². The summed E-state index contributed by atoms with van der Waals surface area (Å²) >= 11 is 0. The summed E-state index contributed by atoms with van der Waals surface area (Å²) in [5.41, 5.74) is 1.14. The number of guanidine groups is 1. The highest BCUT2D eigenvalue weighted by atomic mass is 127. The molecule has 2 aromatic rings. The van der Waals surface area contributed by atoms with Crippen molar-refractivity contribution < 1.29 is 9.47 Å². The maximum Gasteiger partial charge on any atom is 0.191 e. The average molecular weight is 553 g/mol. The lowest BCUT2D eigenvalue weighted by atomic mass is 10.0. The fourth-order valence-corrected chi connectivity index (χ4v) is 3.61. The van der Waals surface area contributed by atoms with Gasteiger partial charge >= 0.3 is 0 Å². The van der Waals surface area contributed by atoms with Crippen LogP contribution in [0.25, 0.3) is 0 Å². The normalized spacial score (nSPS) is 15.0. The molecule has 176 valence electrons. The molecule has 1 aromatic carbocycles. The molecule has 0 saturated carbocycles. The van der Waals surface area contributed by atoms with E-state index < -0.39 is 0 Å². The smallest absolute Gasteiger partial charge is 0.191 e. The van der Waals surface area contributed by atoms with Crippen molar-refractivity contribution in [2.45, 2.75) is 38.8 Å². The summed E-state index contributed by atoms with van der Waals surface area (Å²) in [6.07, 6.45) is 4.94. The van der Waals surface area contributed by atoms with Gasteiger partial charge in [-0.05, 0) is 44.0 Å². The highest BCUT2D eigenvalue weighted by molar-refractivity contribution is 14.0. The van der Waals surface area contributed by atoms with Crippen molar-refractivity contribution in [1.29, 1.82) is 0 Å². The zero-order valence-corrected chi connectivity index (χ0v) is 21.5. The van der Waals surface area contributed by atoms with E-state index in [1.165, 1.54) is 0 Å². The number of nitrogens with one attached hydrogen (secondary N) is 2. The summed E-state index contributed by atoms with van der Waals surface area (Å²) in [5.74, 6) is 2.53. The number of aromatic nitrogens is 1. The Hall–Kier alpha value is -2.07. The van der Waals surface area contributed by atoms with Crippen molar-refractivity contribution >= 4 is 29.9 Å². The van der Waals surface area contributed by atoms with Gasteiger partial charge in [-0.15, -0.1) is 24.0 Å². The SMILES string of the molecule is CCNC(=NCCCOc1cccc(OC)c1)NC1CCN(Cc2ccccn2)CC1.I. The first-order valence-corrected chi connectivity index (χ1v) is 11.2. The van der Waals surface area contributed by atoms with Crippen molar-refractivity contribution in [3.8, 4) is 11.5 Å². The van der Waals surface area contributed by atoms with Gasteiger partial charge in [0.2, 0.25) is 0 Å². The van der Waals surface area contributed by atoms with Crippen molar-refractivity contribution in [3.05, 3.63) is 54.4 Å². The van der Waals surface area contributed by atoms with E-state index in [2.05, 4.69) is 39.6 Å². The summed E-state index contributed by atoms with van der Waals surface area (Å²) < 4.78 is 11.0. The summed E-state index contributed by atoms with van der Waals surface area (Å²) in [6, 6.07) is 14.2. The molecule has 32 heavy (non-hydrogen) atoms. The third-order valence-corrected chi connectivity index (χ3v) is 5.27. The Morgan fingerprint density at radius 2 is 1.97 bits per heavy atom. The molecule has 2 N–H and O–H groups in total. The minimum atomic E-state index is 0. The summed E-state index contributed by atoms with van der Waals surface area (Å²) in [4.78, 5) is 11.6. The summed E-state index contributed by atoms with van der Waals surface area (Å²) in [5, 5.41) is 6.97. The Bertz CT molecular complexity index is 798. The summed E-state index contributed by atoms with van der Waals surface area (Å²) in [7, 11) is 1.66. The second-order valence-electron chi connectivity index (χ2n) is 7.66. The van der Waals surface area contributed by atoms with E-state index in [0.29, 0.717) is 12.6 Å². The van der Waals surface area contributed by atoms with Crippen LogP contribution in [0.5, 0.6) is 11.5 Å². The van der Waals surface area contributed by atoms with Gasteiger partial charge in [0, 0.05) is 57.4 Å². The maximum atomic E-state index is 5.80. The van der Waals surface area contributed by atoms with Crippen molar-refractivity contribution in [3.63, 3.8) is 0 Å². The molecule has 1 fully saturated rings. The van der Waals surface area contributed by atoms with Gasteiger partial charge < -0.3 is 20.1 Å². The Morgan fingerprint density at radius 3 is 2.69 bits per heavy atom. The van der Waals surface area contributed by atoms with E-state index >= 15 is 0 Å². The van der Waals surface area contributed by atoms with Crippen LogP contribution in [0.2, 0.25) is 0 Å². The molecule has 0 unspecified atom stereocenters. The van der Waals surface area contributed by atoms with Crippen LogP contribution < -0.4 is 20.1 Å². The van der Waals surface area contributed by atoms with Gasteiger partial charge in [0.1, 0.15) is 11.5 Å². The van der Waals surface area contributed by atoms with Gasteiger partial charge in [0.15, 0.2) is 5.96 Å². The number of methoxy groups -OCH3 is 1. The molecule has 1 aromatic heterocycles. The molecule has 0 aliphatic carbocycles. The predicted molar refractivity (Wildman–Crippen MR) is 140 cm³/mol. The number of pyridine rings is 1. The zero-order chi connectivity index (χ0) is 21.7. The molecule has 1 aliphatic heterocycles. The fourth-order valence-electron chi connectivity index (χ4n) is 3.61. The fraction of sp³-hybridized carbons (Fsp3) is 0.500. The quantitative estimate of drug-likeness (QED) is 0.203. The van der Waals surface area contributed by atoms with Gasteiger partial charge in [-0.1, -0.05) is 12.1 Å². The Labute approximate surface area is 209 Å². The molecule has 0 radical (unpaired) electrons. The minimum Gasteiger partial charge on any atom is -0.497 e. The van der Waals surface area contributed by atoms with Gasteiger partial charge in [-0.3, -0.25) is 14.9 Å². The van der Waals surface area contributed by atoms with E-state index in [1.807, 2.05) is 36.5 Å². The molecule has 3 rings (SSSR count). The first kappa shape index (κ1) is 26.2. The Balaban J connectivity index is 0.00000363. The topological polar surface area (TPSA) is 71.0 Å². The van der Waals surface area contributed by atoms with E-state index in [4.69, 9.17) is 14.5 Å². The van der Waals surface area contributed by atoms with Crippen LogP contribution in [-0.2, 0) is 6.54 Å². The first-order valence-electron chi connectivity index (χ1n) is 11.2. The first-order chi connectivity index (χ1) is 15.3. The number of hydrogen-bond donors (Lipinski definition) is 2. The molecule has 2 heterocycles. The van der Waals surface area contributed by atoms with Crippen LogP contribution in [0.4, 0.5) is 0 Å². The lowest BCUT2D eigenvalue weighted by Gasteiger charge is -2.32. The Kier molecular flexibility index (Phi) is 12.2. The monoisotopic (exact) mass is 553 g/mol. The Morgan fingerprint density at radius 1 is 1.16 bits per heavy atom. The largest absolute Gasteiger partial charge is 0.497 e. The maximum absolute atomic E-state index is 5.80. The minimum absolute atomic E-state index is 0. The third kappa shape index (κ3) is 9.20. The molecule has 1 saturated heterocycles. The number of likely N-dealkylation sites (tertiary alicyclic amines) is 1. The van der Waals surface area contributed by atoms with Crippen LogP contribution in [-0.4, -0.2) is 61.8 Å². The molecule has 7 nitrogen and oxygen atoms in total. The number of halogens is 1. The van der Waals surface area contributed by atoms with Crippen LogP contribution >= 0.6 is 24.0 Å². The molecule has 0 amide bonds. The van der Waals surface area contributed by atoms with Crippen LogP contribution in [0.3, 0.4) is 0 Å². The standard InChI is InChI=1S/C24H35N5O2.HI/c1-3-25-24(27-14-7-17-31-23-10-6-9-22(18-23)30-2)28-20-11-15-29(16-12-20)19-21-8-4-5-13-26-21;/h4-6,8-10,13,18,20H,3,7,11-12,14-17,19H2,1-2H3,(H2,25,27,28);1H. The van der Waals surface area contributed by atoms with Gasteiger partial charge in [0.05, 0.1) is 19.4 Å². The molecule has 0 spiro atoms. The molecule has 0 atom stereocenters. The highest BCUT2D eigenvalue weighted by Gasteiger charge is 2.20. The zero-order valence-electron chi connectivity index (χ0n) is 19.1. The number of piperidine rings is 1. The van der Waals surface area contributed by atoms with Crippen LogP contribution in [0.15, 0.2) is 53.7 Å². The van der Waals surface area contributed by atoms with Crippen LogP contribution in [0, 0.1) is 0 Å². The summed E-state index contributed by atoms with van der Waals surface area (Å²) in [6.45, 7) is 7.36. The highest BCUT2D eigenvalue weighted by Crippen LogP contribution is 2.18. The van der Waals surface area contributed by atoms with Crippen molar-refractivity contribution in [1.82, 2.24) is 20.5 Å². The lowest BCUT2D eigenvalue weighted by molar-refractivity contribution is 0.196. The average Bonchev–Trinajstić information content (AvgIpc) is 2.81. The number of hydrogen-bond acceptors (Lipinski definition) is 5. The van der Waals surface area contributed by atoms with Gasteiger partial charge in [0.25, 0.3) is 0 Å². The van der Waals surface area contributed by atoms with Gasteiger partial charge in [-0.25, -0.2) is 0 Å². The van der Waals surface area contributed by atoms with E-state index in [1.54, 1.807) is 7.11 Å². The van der Waals surface area contributed by atoms with Crippen molar-refractivity contribution in [2.75, 3.05) is 39.9 Å². The molecule has 0 bridgehead atoms. The molecular formula is C24H36IN5O2. The number of ether oxygens (including phenoxy) is 2. The van der Waals surface area contributed by atoms with Gasteiger partial charge in [-0.2, -0.15) is 0 Å². The van der Waals surface area contributed by atoms with E-state index in [9.17, 15) is 0 Å². The number of benzene rings is 1. The van der Waals surface area contributed by atoms with Crippen molar-refractivity contribution in [2.24, 2.45) is 4.99 Å². The molecule has 1 aliphatic rings. The molecular weight excluding hydrogens is 517 g/mol. The third-order valence-electron chi connectivity index (χ3n) is 5.27. The number of aliphatic imine (C=N–C) groups is 1. The lowest BCUT2D eigenvalue weighted by Crippen LogP contribution is -2.48. The second-order valence-corrected chi connectivity index (χ2v) is 7.66. The molecule has 8 heteroatoms. The number of nitrogens with zero attached hydrogens (tertiary/aromatic N) is 3. The predicted octanol–water partition coefficient (Wildman–Crippen LogP) is 3.70.